The first kappa shape index (κ1) is 24.1. The Balaban J connectivity index is 1.68. The van der Waals surface area contributed by atoms with Crippen molar-refractivity contribution < 1.29 is 19.1 Å². The number of nitrogens with zero attached hydrogens (tertiary/aromatic N) is 4. The summed E-state index contributed by atoms with van der Waals surface area (Å²) in [5.74, 6) is 1.17. The topological polar surface area (TPSA) is 108 Å². The maximum Gasteiger partial charge on any atom is 0.331 e. The van der Waals surface area contributed by atoms with Crippen LogP contribution in [0.4, 0.5) is 16.4 Å². The summed E-state index contributed by atoms with van der Waals surface area (Å²) in [6.07, 6.45) is 0.575. The van der Waals surface area contributed by atoms with Gasteiger partial charge in [-0.2, -0.15) is 4.98 Å². The average Bonchev–Trinajstić information content (AvgIpc) is 3.04. The maximum atomic E-state index is 13.0. The molecule has 1 atom stereocenters. The van der Waals surface area contributed by atoms with E-state index in [1.807, 2.05) is 13.0 Å². The van der Waals surface area contributed by atoms with Crippen LogP contribution in [-0.2, 0) is 17.8 Å². The average molecular weight is 480 g/mol. The van der Waals surface area contributed by atoms with E-state index in [9.17, 15) is 14.4 Å². The van der Waals surface area contributed by atoms with E-state index in [1.165, 1.54) is 9.80 Å². The number of urea groups is 1. The highest BCUT2D eigenvalue weighted by Gasteiger charge is 2.41. The van der Waals surface area contributed by atoms with Crippen LogP contribution in [0.25, 0.3) is 10.9 Å². The molecule has 1 unspecified atom stereocenters. The molecule has 0 spiro atoms. The third kappa shape index (κ3) is 4.05. The number of hydrogen-bond donors (Lipinski definition) is 1. The van der Waals surface area contributed by atoms with Crippen LogP contribution in [-0.4, -0.2) is 61.2 Å². The van der Waals surface area contributed by atoms with E-state index in [4.69, 9.17) is 9.47 Å². The van der Waals surface area contributed by atoms with Crippen LogP contribution in [0.2, 0.25) is 0 Å². The largest absolute Gasteiger partial charge is 0.493 e. The van der Waals surface area contributed by atoms with Gasteiger partial charge in [0, 0.05) is 32.3 Å². The number of hydrogen-bond acceptors (Lipinski definition) is 7. The van der Waals surface area contributed by atoms with E-state index in [0.29, 0.717) is 47.0 Å². The van der Waals surface area contributed by atoms with E-state index in [1.54, 1.807) is 64.4 Å². The first-order valence-electron chi connectivity index (χ1n) is 11.3. The number of imide groups is 1. The van der Waals surface area contributed by atoms with Gasteiger partial charge in [-0.05, 0) is 31.0 Å². The molecule has 3 aromatic rings. The molecule has 184 valence electrons. The van der Waals surface area contributed by atoms with Gasteiger partial charge in [0.05, 0.1) is 30.8 Å². The normalized spacial score (nSPS) is 15.8. The van der Waals surface area contributed by atoms with E-state index in [-0.39, 0.29) is 17.5 Å². The molecule has 10 heteroatoms. The van der Waals surface area contributed by atoms with Gasteiger partial charge in [-0.3, -0.25) is 9.59 Å². The number of nitrogens with one attached hydrogen (secondary N) is 1. The summed E-state index contributed by atoms with van der Waals surface area (Å²) in [4.78, 5) is 50.1. The zero-order valence-corrected chi connectivity index (χ0v) is 20.7. The molecule has 1 aliphatic heterocycles. The van der Waals surface area contributed by atoms with Gasteiger partial charge in [-0.15, -0.1) is 0 Å². The molecule has 4 rings (SSSR count). The minimum Gasteiger partial charge on any atom is -0.493 e. The zero-order chi connectivity index (χ0) is 25.4. The number of aromatic amines is 1. The molecule has 2 aromatic carbocycles. The Labute approximate surface area is 203 Å². The van der Waals surface area contributed by atoms with Gasteiger partial charge in [-0.25, -0.2) is 9.69 Å². The highest BCUT2D eigenvalue weighted by Crippen LogP contribution is 2.36. The van der Waals surface area contributed by atoms with Crippen molar-refractivity contribution in [3.8, 4) is 11.5 Å². The van der Waals surface area contributed by atoms with Crippen LogP contribution in [0.5, 0.6) is 11.5 Å². The lowest BCUT2D eigenvalue weighted by Gasteiger charge is -2.21. The second kappa shape index (κ2) is 9.28. The molecule has 0 bridgehead atoms. The van der Waals surface area contributed by atoms with Gasteiger partial charge in [0.2, 0.25) is 5.95 Å². The quantitative estimate of drug-likeness (QED) is 0.519. The second-order valence-electron chi connectivity index (χ2n) is 8.50. The molecule has 1 aliphatic rings. The number of aromatic nitrogens is 2. The Bertz CT molecular complexity index is 1350. The fraction of sp³-hybridized carbons (Fsp3) is 0.360. The van der Waals surface area contributed by atoms with Crippen LogP contribution >= 0.6 is 0 Å². The molecule has 0 saturated carbocycles. The van der Waals surface area contributed by atoms with Crippen molar-refractivity contribution in [3.05, 3.63) is 51.8 Å². The number of amides is 3. The van der Waals surface area contributed by atoms with Crippen LogP contribution < -0.4 is 24.8 Å². The molecule has 35 heavy (non-hydrogen) atoms. The standard InChI is InChI=1S/C25H29N5O5/c1-7-17-20-18(12-19(34-5)21(17)35-6)26-24(27-22(20)31)28(3)13-15-9-8-10-16(11-15)30-23(32)14(2)29(4)25(30)33/h8-12,14H,7,13H2,1-6H3,(H,26,27,31). The number of likely N-dealkylation sites (N-methyl/N-ethyl adjacent to an activating group) is 1. The monoisotopic (exact) mass is 479 g/mol. The summed E-state index contributed by atoms with van der Waals surface area (Å²) in [6, 6.07) is 8.07. The third-order valence-corrected chi connectivity index (χ3v) is 6.39. The van der Waals surface area contributed by atoms with Crippen molar-refractivity contribution in [1.82, 2.24) is 14.9 Å². The zero-order valence-electron chi connectivity index (χ0n) is 20.7. The Morgan fingerprint density at radius 2 is 1.89 bits per heavy atom. The number of methoxy groups -OCH3 is 2. The maximum absolute atomic E-state index is 13.0. The first-order chi connectivity index (χ1) is 16.7. The van der Waals surface area contributed by atoms with Gasteiger partial charge in [0.15, 0.2) is 11.5 Å². The van der Waals surface area contributed by atoms with Crippen LogP contribution in [0.3, 0.4) is 0 Å². The highest BCUT2D eigenvalue weighted by atomic mass is 16.5. The van der Waals surface area contributed by atoms with Crippen molar-refractivity contribution in [1.29, 1.82) is 0 Å². The van der Waals surface area contributed by atoms with Crippen LogP contribution in [0, 0.1) is 0 Å². The lowest BCUT2D eigenvalue weighted by atomic mass is 10.0. The second-order valence-corrected chi connectivity index (χ2v) is 8.50. The van der Waals surface area contributed by atoms with Gasteiger partial charge >= 0.3 is 6.03 Å². The van der Waals surface area contributed by atoms with Crippen molar-refractivity contribution in [3.63, 3.8) is 0 Å². The number of fused-ring (bicyclic) bond motifs is 1. The van der Waals surface area contributed by atoms with E-state index in [2.05, 4.69) is 9.97 Å². The number of aryl methyl sites for hydroxylation is 1. The van der Waals surface area contributed by atoms with E-state index >= 15 is 0 Å². The summed E-state index contributed by atoms with van der Waals surface area (Å²) in [5.41, 5.74) is 2.32. The fourth-order valence-electron chi connectivity index (χ4n) is 4.38. The third-order valence-electron chi connectivity index (χ3n) is 6.39. The van der Waals surface area contributed by atoms with Crippen molar-refractivity contribution in [2.75, 3.05) is 38.1 Å². The number of carbonyl (C=O) groups is 2. The molecule has 3 amide bonds. The lowest BCUT2D eigenvalue weighted by molar-refractivity contribution is -0.119. The van der Waals surface area contributed by atoms with Crippen LogP contribution in [0.1, 0.15) is 25.0 Å². The number of benzene rings is 2. The molecular formula is C25H29N5O5. The Hall–Kier alpha value is -4.08. The number of H-pyrrole nitrogens is 1. The minimum atomic E-state index is -0.510. The summed E-state index contributed by atoms with van der Waals surface area (Å²) < 4.78 is 11.0. The van der Waals surface area contributed by atoms with Crippen molar-refractivity contribution in [2.24, 2.45) is 0 Å². The number of anilines is 2. The summed E-state index contributed by atoms with van der Waals surface area (Å²) in [5, 5.41) is 0.466. The predicted octanol–water partition coefficient (Wildman–Crippen LogP) is 2.93. The summed E-state index contributed by atoms with van der Waals surface area (Å²) in [7, 11) is 6.51. The molecule has 0 aliphatic carbocycles. The molecule has 1 aromatic heterocycles. The molecule has 10 nitrogen and oxygen atoms in total. The summed E-state index contributed by atoms with van der Waals surface area (Å²) >= 11 is 0. The summed E-state index contributed by atoms with van der Waals surface area (Å²) in [6.45, 7) is 4.03. The smallest absolute Gasteiger partial charge is 0.331 e. The number of carbonyl (C=O) groups excluding carboxylic acids is 2. The molecule has 0 radical (unpaired) electrons. The lowest BCUT2D eigenvalue weighted by Crippen LogP contribution is -2.31. The molecule has 1 saturated heterocycles. The molecule has 1 fully saturated rings. The highest BCUT2D eigenvalue weighted by molar-refractivity contribution is 6.21. The predicted molar refractivity (Wildman–Crippen MR) is 134 cm³/mol. The molecular weight excluding hydrogens is 450 g/mol. The number of rotatable bonds is 7. The minimum absolute atomic E-state index is 0.264. The SMILES string of the molecule is CCc1c(OC)c(OC)cc2[nH]c(N(C)Cc3cccc(N4C(=O)C(C)N(C)C4=O)c3)nc(=O)c12. The van der Waals surface area contributed by atoms with Gasteiger partial charge in [0.25, 0.3) is 11.5 Å². The van der Waals surface area contributed by atoms with Gasteiger partial charge < -0.3 is 24.3 Å². The van der Waals surface area contributed by atoms with Crippen molar-refractivity contribution >= 4 is 34.5 Å². The van der Waals surface area contributed by atoms with Crippen molar-refractivity contribution in [2.45, 2.75) is 32.9 Å². The van der Waals surface area contributed by atoms with Crippen LogP contribution in [0.15, 0.2) is 35.1 Å². The molecule has 2 heterocycles. The Morgan fingerprint density at radius 3 is 2.49 bits per heavy atom. The van der Waals surface area contributed by atoms with E-state index in [0.717, 1.165) is 11.1 Å². The first-order valence-corrected chi connectivity index (χ1v) is 11.3. The van der Waals surface area contributed by atoms with Gasteiger partial charge in [-0.1, -0.05) is 19.1 Å². The Morgan fingerprint density at radius 1 is 1.14 bits per heavy atom. The van der Waals surface area contributed by atoms with Gasteiger partial charge in [0.1, 0.15) is 6.04 Å². The molecule has 1 N–H and O–H groups in total. The Kier molecular flexibility index (Phi) is 6.38. The number of ether oxygens (including phenoxy) is 2. The fourth-order valence-corrected chi connectivity index (χ4v) is 4.38. The van der Waals surface area contributed by atoms with E-state index < -0.39 is 6.04 Å².